The lowest BCUT2D eigenvalue weighted by Gasteiger charge is -2.11. The minimum Gasteiger partial charge on any atom is -0.370 e. The van der Waals surface area contributed by atoms with Crippen molar-refractivity contribution in [3.63, 3.8) is 0 Å². The third-order valence-electron chi connectivity index (χ3n) is 3.42. The highest BCUT2D eigenvalue weighted by Gasteiger charge is 2.12. The summed E-state index contributed by atoms with van der Waals surface area (Å²) in [6, 6.07) is 7.07. The molecule has 1 aromatic carbocycles. The highest BCUT2D eigenvalue weighted by Crippen LogP contribution is 2.23. The molecule has 0 aliphatic heterocycles. The van der Waals surface area contributed by atoms with Crippen LogP contribution in [0.25, 0.3) is 0 Å². The molecule has 1 heterocycles. The topological polar surface area (TPSA) is 66.9 Å². The Labute approximate surface area is 141 Å². The molecule has 6 heteroatoms. The Hall–Kier alpha value is -2.14. The Balaban J connectivity index is 2.17. The number of amides is 1. The summed E-state index contributed by atoms with van der Waals surface area (Å²) < 4.78 is 0. The molecule has 2 N–H and O–H groups in total. The number of aromatic nitrogens is 2. The highest BCUT2D eigenvalue weighted by molar-refractivity contribution is 6.31. The summed E-state index contributed by atoms with van der Waals surface area (Å²) in [6.45, 7) is 6.58. The third-order valence-corrected chi connectivity index (χ3v) is 3.83. The van der Waals surface area contributed by atoms with Gasteiger partial charge in [0.1, 0.15) is 17.3 Å². The number of carbonyl (C=O) groups is 1. The number of benzene rings is 1. The Morgan fingerprint density at radius 2 is 2.04 bits per heavy atom. The van der Waals surface area contributed by atoms with Crippen molar-refractivity contribution in [3.8, 4) is 0 Å². The molecule has 0 bridgehead atoms. The number of rotatable bonds is 6. The first-order chi connectivity index (χ1) is 11.0. The van der Waals surface area contributed by atoms with Crippen LogP contribution in [0, 0.1) is 13.8 Å². The molecule has 0 atom stereocenters. The summed E-state index contributed by atoms with van der Waals surface area (Å²) in [4.78, 5) is 21.0. The molecule has 122 valence electrons. The number of anilines is 2. The molecule has 1 aromatic heterocycles. The van der Waals surface area contributed by atoms with Crippen molar-refractivity contribution in [1.82, 2.24) is 9.97 Å². The maximum atomic E-state index is 12.4. The van der Waals surface area contributed by atoms with E-state index >= 15 is 0 Å². The van der Waals surface area contributed by atoms with Gasteiger partial charge in [0.05, 0.1) is 0 Å². The fourth-order valence-corrected chi connectivity index (χ4v) is 2.27. The van der Waals surface area contributed by atoms with Gasteiger partial charge in [0.15, 0.2) is 0 Å². The van der Waals surface area contributed by atoms with Crippen LogP contribution in [0.15, 0.2) is 24.3 Å². The Bertz CT molecular complexity index is 703. The van der Waals surface area contributed by atoms with Crippen molar-refractivity contribution >= 4 is 29.0 Å². The number of hydrogen-bond donors (Lipinski definition) is 2. The summed E-state index contributed by atoms with van der Waals surface area (Å²) in [5, 5.41) is 6.68. The van der Waals surface area contributed by atoms with E-state index in [1.165, 1.54) is 0 Å². The van der Waals surface area contributed by atoms with Crippen molar-refractivity contribution < 1.29 is 4.79 Å². The van der Waals surface area contributed by atoms with Crippen LogP contribution < -0.4 is 10.6 Å². The van der Waals surface area contributed by atoms with Gasteiger partial charge in [0, 0.05) is 23.3 Å². The zero-order valence-electron chi connectivity index (χ0n) is 13.6. The molecule has 0 aliphatic carbocycles. The van der Waals surface area contributed by atoms with Crippen LogP contribution >= 0.6 is 11.6 Å². The van der Waals surface area contributed by atoms with Crippen LogP contribution in [0.2, 0.25) is 5.02 Å². The van der Waals surface area contributed by atoms with Crippen LogP contribution in [0.5, 0.6) is 0 Å². The average Bonchev–Trinajstić information content (AvgIpc) is 2.51. The number of aryl methyl sites for hydroxylation is 1. The van der Waals surface area contributed by atoms with E-state index in [4.69, 9.17) is 11.6 Å². The second-order valence-corrected chi connectivity index (χ2v) is 5.74. The fourth-order valence-electron chi connectivity index (χ4n) is 2.10. The standard InChI is InChI=1S/C17H21ClN4O/c1-4-5-9-19-16-10-15(20-12(3)21-16)17(23)22-14-8-6-7-13(18)11(14)2/h6-8,10H,4-5,9H2,1-3H3,(H,22,23)(H,19,20,21). The van der Waals surface area contributed by atoms with E-state index in [9.17, 15) is 4.79 Å². The van der Waals surface area contributed by atoms with E-state index in [0.29, 0.717) is 28.0 Å². The number of nitrogens with one attached hydrogen (secondary N) is 2. The van der Waals surface area contributed by atoms with Crippen molar-refractivity contribution in [2.45, 2.75) is 33.6 Å². The summed E-state index contributed by atoms with van der Waals surface area (Å²) in [5.74, 6) is 0.942. The molecule has 0 saturated carbocycles. The monoisotopic (exact) mass is 332 g/mol. The molecule has 0 aliphatic rings. The second kappa shape index (κ2) is 7.92. The summed E-state index contributed by atoms with van der Waals surface area (Å²) in [6.07, 6.45) is 2.14. The summed E-state index contributed by atoms with van der Waals surface area (Å²) in [5.41, 5.74) is 1.84. The lowest BCUT2D eigenvalue weighted by molar-refractivity contribution is 0.102. The average molecular weight is 333 g/mol. The largest absolute Gasteiger partial charge is 0.370 e. The zero-order valence-corrected chi connectivity index (χ0v) is 14.4. The number of unbranched alkanes of at least 4 members (excludes halogenated alkanes) is 1. The first kappa shape index (κ1) is 17.2. The smallest absolute Gasteiger partial charge is 0.274 e. The number of hydrogen-bond acceptors (Lipinski definition) is 4. The van der Waals surface area contributed by atoms with Gasteiger partial charge in [-0.2, -0.15) is 0 Å². The fraction of sp³-hybridized carbons (Fsp3) is 0.353. The van der Waals surface area contributed by atoms with Crippen LogP contribution in [0.3, 0.4) is 0 Å². The van der Waals surface area contributed by atoms with E-state index in [0.717, 1.165) is 24.9 Å². The minimum atomic E-state index is -0.278. The van der Waals surface area contributed by atoms with Crippen LogP contribution in [-0.4, -0.2) is 22.4 Å². The van der Waals surface area contributed by atoms with Gasteiger partial charge in [-0.25, -0.2) is 9.97 Å². The molecular weight excluding hydrogens is 312 g/mol. The van der Waals surface area contributed by atoms with Gasteiger partial charge < -0.3 is 10.6 Å². The minimum absolute atomic E-state index is 0.278. The van der Waals surface area contributed by atoms with Crippen LogP contribution in [-0.2, 0) is 0 Å². The van der Waals surface area contributed by atoms with E-state index < -0.39 is 0 Å². The van der Waals surface area contributed by atoms with E-state index in [1.54, 1.807) is 25.1 Å². The van der Waals surface area contributed by atoms with Gasteiger partial charge in [-0.05, 0) is 38.0 Å². The maximum absolute atomic E-state index is 12.4. The summed E-state index contributed by atoms with van der Waals surface area (Å²) in [7, 11) is 0. The molecule has 0 spiro atoms. The first-order valence-corrected chi connectivity index (χ1v) is 8.05. The van der Waals surface area contributed by atoms with E-state index in [-0.39, 0.29) is 5.91 Å². The first-order valence-electron chi connectivity index (χ1n) is 7.67. The predicted octanol–water partition coefficient (Wildman–Crippen LogP) is 4.21. The van der Waals surface area contributed by atoms with Crippen LogP contribution in [0.1, 0.15) is 41.6 Å². The Morgan fingerprint density at radius 1 is 1.26 bits per heavy atom. The van der Waals surface area contributed by atoms with Crippen molar-refractivity contribution in [2.24, 2.45) is 0 Å². The Kier molecular flexibility index (Phi) is 5.93. The van der Waals surface area contributed by atoms with Crippen molar-refractivity contribution in [3.05, 3.63) is 46.4 Å². The number of carbonyl (C=O) groups excluding carboxylic acids is 1. The molecule has 2 aromatic rings. The normalized spacial score (nSPS) is 10.4. The second-order valence-electron chi connectivity index (χ2n) is 5.33. The van der Waals surface area contributed by atoms with Crippen molar-refractivity contribution in [1.29, 1.82) is 0 Å². The van der Waals surface area contributed by atoms with Gasteiger partial charge >= 0.3 is 0 Å². The van der Waals surface area contributed by atoms with Gasteiger partial charge in [-0.3, -0.25) is 4.79 Å². The molecule has 2 rings (SSSR count). The number of nitrogens with zero attached hydrogens (tertiary/aromatic N) is 2. The molecule has 0 radical (unpaired) electrons. The van der Waals surface area contributed by atoms with Gasteiger partial charge in [-0.1, -0.05) is 31.0 Å². The molecule has 0 saturated heterocycles. The quantitative estimate of drug-likeness (QED) is 0.777. The highest BCUT2D eigenvalue weighted by atomic mass is 35.5. The maximum Gasteiger partial charge on any atom is 0.274 e. The molecule has 0 unspecified atom stereocenters. The zero-order chi connectivity index (χ0) is 16.8. The lowest BCUT2D eigenvalue weighted by Crippen LogP contribution is -2.16. The van der Waals surface area contributed by atoms with Crippen molar-refractivity contribution in [2.75, 3.05) is 17.2 Å². The lowest BCUT2D eigenvalue weighted by atomic mass is 10.2. The van der Waals surface area contributed by atoms with Gasteiger partial charge in [0.25, 0.3) is 5.91 Å². The summed E-state index contributed by atoms with van der Waals surface area (Å²) >= 11 is 6.08. The Morgan fingerprint density at radius 3 is 2.78 bits per heavy atom. The third kappa shape index (κ3) is 4.66. The van der Waals surface area contributed by atoms with E-state index in [2.05, 4.69) is 27.5 Å². The SMILES string of the molecule is CCCCNc1cc(C(=O)Nc2cccc(Cl)c2C)nc(C)n1. The molecule has 1 amide bonds. The molecule has 5 nitrogen and oxygen atoms in total. The predicted molar refractivity (Wildman–Crippen MR) is 94.3 cm³/mol. The molecule has 0 fully saturated rings. The molecular formula is C17H21ClN4O. The van der Waals surface area contributed by atoms with Gasteiger partial charge in [-0.15, -0.1) is 0 Å². The number of halogens is 1. The van der Waals surface area contributed by atoms with Gasteiger partial charge in [0.2, 0.25) is 0 Å². The van der Waals surface area contributed by atoms with Crippen LogP contribution in [0.4, 0.5) is 11.5 Å². The van der Waals surface area contributed by atoms with E-state index in [1.807, 2.05) is 13.0 Å². The molecule has 23 heavy (non-hydrogen) atoms.